The van der Waals surface area contributed by atoms with E-state index in [4.69, 9.17) is 5.11 Å². The molecule has 1 heterocycles. The first-order chi connectivity index (χ1) is 7.20. The Kier molecular flexibility index (Phi) is 2.70. The standard InChI is InChI=1S/C11H11NO2S/c1-12-6-9-5-8-4-7(11(13)14)2-3-10(8)15-9/h2-5,12H,6H2,1H3,(H,13,14). The van der Waals surface area contributed by atoms with Gasteiger partial charge < -0.3 is 10.4 Å². The zero-order chi connectivity index (χ0) is 10.8. The summed E-state index contributed by atoms with van der Waals surface area (Å²) in [5.74, 6) is -0.877. The predicted molar refractivity (Wildman–Crippen MR) is 61.5 cm³/mol. The molecule has 1 aromatic carbocycles. The fourth-order valence-electron chi connectivity index (χ4n) is 1.49. The molecule has 3 nitrogen and oxygen atoms in total. The molecule has 15 heavy (non-hydrogen) atoms. The summed E-state index contributed by atoms with van der Waals surface area (Å²) < 4.78 is 1.13. The molecule has 1 aromatic heterocycles. The lowest BCUT2D eigenvalue weighted by atomic mass is 10.1. The molecule has 2 aromatic rings. The molecular weight excluding hydrogens is 210 g/mol. The lowest BCUT2D eigenvalue weighted by Crippen LogP contribution is -2.02. The topological polar surface area (TPSA) is 49.3 Å². The van der Waals surface area contributed by atoms with Gasteiger partial charge in [0.15, 0.2) is 0 Å². The number of aromatic carboxylic acids is 1. The molecule has 0 unspecified atom stereocenters. The van der Waals surface area contributed by atoms with Crippen molar-refractivity contribution in [3.8, 4) is 0 Å². The van der Waals surface area contributed by atoms with Crippen molar-refractivity contribution < 1.29 is 9.90 Å². The number of benzene rings is 1. The summed E-state index contributed by atoms with van der Waals surface area (Å²) >= 11 is 1.69. The minimum atomic E-state index is -0.877. The van der Waals surface area contributed by atoms with Crippen molar-refractivity contribution in [2.75, 3.05) is 7.05 Å². The lowest BCUT2D eigenvalue weighted by Gasteiger charge is -1.92. The number of hydrogen-bond donors (Lipinski definition) is 2. The van der Waals surface area contributed by atoms with Crippen LogP contribution in [0, 0.1) is 0 Å². The largest absolute Gasteiger partial charge is 0.478 e. The van der Waals surface area contributed by atoms with Crippen LogP contribution < -0.4 is 5.32 Å². The van der Waals surface area contributed by atoms with Crippen molar-refractivity contribution in [2.24, 2.45) is 0 Å². The van der Waals surface area contributed by atoms with Crippen LogP contribution in [0.1, 0.15) is 15.2 Å². The molecule has 2 N–H and O–H groups in total. The Balaban J connectivity index is 2.47. The number of carbonyl (C=O) groups is 1. The molecule has 78 valence electrons. The van der Waals surface area contributed by atoms with Crippen LogP contribution in [0.3, 0.4) is 0 Å². The van der Waals surface area contributed by atoms with Crippen LogP contribution in [-0.2, 0) is 6.54 Å². The Morgan fingerprint density at radius 2 is 2.27 bits per heavy atom. The van der Waals surface area contributed by atoms with Crippen LogP contribution >= 0.6 is 11.3 Å². The third kappa shape index (κ3) is 2.00. The average Bonchev–Trinajstić information content (AvgIpc) is 2.59. The molecule has 0 aliphatic carbocycles. The molecule has 0 atom stereocenters. The van der Waals surface area contributed by atoms with E-state index in [-0.39, 0.29) is 0 Å². The van der Waals surface area contributed by atoms with E-state index in [1.165, 1.54) is 4.88 Å². The van der Waals surface area contributed by atoms with Gasteiger partial charge in [-0.2, -0.15) is 0 Å². The number of nitrogens with one attached hydrogen (secondary N) is 1. The van der Waals surface area contributed by atoms with Gasteiger partial charge in [0, 0.05) is 16.1 Å². The summed E-state index contributed by atoms with van der Waals surface area (Å²) in [5, 5.41) is 12.9. The van der Waals surface area contributed by atoms with Crippen molar-refractivity contribution in [3.05, 3.63) is 34.7 Å². The van der Waals surface area contributed by atoms with Gasteiger partial charge in [-0.05, 0) is 36.7 Å². The van der Waals surface area contributed by atoms with Crippen molar-refractivity contribution >= 4 is 27.4 Å². The molecule has 2 rings (SSSR count). The van der Waals surface area contributed by atoms with Crippen molar-refractivity contribution in [2.45, 2.75) is 6.54 Å². The number of carboxylic acids is 1. The quantitative estimate of drug-likeness (QED) is 0.836. The predicted octanol–water partition coefficient (Wildman–Crippen LogP) is 2.32. The number of thiophene rings is 1. The van der Waals surface area contributed by atoms with Gasteiger partial charge in [0.2, 0.25) is 0 Å². The summed E-state index contributed by atoms with van der Waals surface area (Å²) in [6, 6.07) is 7.25. The van der Waals surface area contributed by atoms with Gasteiger partial charge >= 0.3 is 5.97 Å². The molecular formula is C11H11NO2S. The van der Waals surface area contributed by atoms with Crippen molar-refractivity contribution in [1.82, 2.24) is 5.32 Å². The van der Waals surface area contributed by atoms with Crippen LogP contribution in [0.25, 0.3) is 10.1 Å². The van der Waals surface area contributed by atoms with Gasteiger partial charge in [0.05, 0.1) is 5.56 Å². The Hall–Kier alpha value is -1.39. The van der Waals surface area contributed by atoms with Crippen LogP contribution in [0.2, 0.25) is 0 Å². The maximum Gasteiger partial charge on any atom is 0.335 e. The summed E-state index contributed by atoms with van der Waals surface area (Å²) in [7, 11) is 1.90. The molecule has 0 aliphatic heterocycles. The van der Waals surface area contributed by atoms with Gasteiger partial charge in [0.25, 0.3) is 0 Å². The van der Waals surface area contributed by atoms with Crippen molar-refractivity contribution in [3.63, 3.8) is 0 Å². The normalized spacial score (nSPS) is 10.7. The highest BCUT2D eigenvalue weighted by Crippen LogP contribution is 2.26. The van der Waals surface area contributed by atoms with E-state index in [0.717, 1.165) is 16.6 Å². The highest BCUT2D eigenvalue weighted by Gasteiger charge is 2.06. The van der Waals surface area contributed by atoms with Gasteiger partial charge in [-0.3, -0.25) is 0 Å². The van der Waals surface area contributed by atoms with E-state index >= 15 is 0 Å². The second-order valence-corrected chi connectivity index (χ2v) is 4.47. The molecule has 0 amide bonds. The van der Waals surface area contributed by atoms with Gasteiger partial charge in [-0.25, -0.2) is 4.79 Å². The first-order valence-electron chi connectivity index (χ1n) is 4.61. The third-order valence-corrected chi connectivity index (χ3v) is 3.28. The molecule has 0 saturated carbocycles. The van der Waals surface area contributed by atoms with Crippen LogP contribution in [0.4, 0.5) is 0 Å². The van der Waals surface area contributed by atoms with Crippen LogP contribution in [0.5, 0.6) is 0 Å². The second kappa shape index (κ2) is 4.00. The summed E-state index contributed by atoms with van der Waals surface area (Å²) in [6.45, 7) is 0.821. The Morgan fingerprint density at radius 3 is 2.93 bits per heavy atom. The van der Waals surface area contributed by atoms with E-state index in [1.807, 2.05) is 19.2 Å². The van der Waals surface area contributed by atoms with Crippen molar-refractivity contribution in [1.29, 1.82) is 0 Å². The Labute approximate surface area is 91.4 Å². The lowest BCUT2D eigenvalue weighted by molar-refractivity contribution is 0.0697. The maximum absolute atomic E-state index is 10.8. The summed E-state index contributed by atoms with van der Waals surface area (Å²) in [6.07, 6.45) is 0. The molecule has 0 aliphatic rings. The summed E-state index contributed by atoms with van der Waals surface area (Å²) in [4.78, 5) is 12.0. The number of hydrogen-bond acceptors (Lipinski definition) is 3. The van der Waals surface area contributed by atoms with Gasteiger partial charge in [-0.15, -0.1) is 11.3 Å². The van der Waals surface area contributed by atoms with E-state index < -0.39 is 5.97 Å². The first kappa shape index (κ1) is 10.1. The van der Waals surface area contributed by atoms with E-state index in [2.05, 4.69) is 5.32 Å². The summed E-state index contributed by atoms with van der Waals surface area (Å²) in [5.41, 5.74) is 0.344. The van der Waals surface area contributed by atoms with Gasteiger partial charge in [-0.1, -0.05) is 0 Å². The zero-order valence-corrected chi connectivity index (χ0v) is 9.10. The maximum atomic E-state index is 10.8. The number of carboxylic acid groups (broad SMARTS) is 1. The smallest absolute Gasteiger partial charge is 0.335 e. The first-order valence-corrected chi connectivity index (χ1v) is 5.42. The molecule has 0 spiro atoms. The zero-order valence-electron chi connectivity index (χ0n) is 8.28. The fraction of sp³-hybridized carbons (Fsp3) is 0.182. The monoisotopic (exact) mass is 221 g/mol. The highest BCUT2D eigenvalue weighted by atomic mass is 32.1. The highest BCUT2D eigenvalue weighted by molar-refractivity contribution is 7.19. The minimum absolute atomic E-state index is 0.344. The SMILES string of the molecule is CNCc1cc2cc(C(=O)O)ccc2s1. The minimum Gasteiger partial charge on any atom is -0.478 e. The van der Waals surface area contributed by atoms with Crippen LogP contribution in [0.15, 0.2) is 24.3 Å². The van der Waals surface area contributed by atoms with E-state index in [0.29, 0.717) is 5.56 Å². The van der Waals surface area contributed by atoms with Gasteiger partial charge in [0.1, 0.15) is 0 Å². The fourth-order valence-corrected chi connectivity index (χ4v) is 2.55. The average molecular weight is 221 g/mol. The number of rotatable bonds is 3. The number of fused-ring (bicyclic) bond motifs is 1. The molecule has 4 heteroatoms. The molecule has 0 radical (unpaired) electrons. The molecule has 0 saturated heterocycles. The Morgan fingerprint density at radius 1 is 1.47 bits per heavy atom. The second-order valence-electron chi connectivity index (χ2n) is 3.30. The molecule has 0 fully saturated rings. The Bertz CT molecular complexity index is 504. The van der Waals surface area contributed by atoms with Crippen LogP contribution in [-0.4, -0.2) is 18.1 Å². The third-order valence-electron chi connectivity index (χ3n) is 2.17. The molecule has 0 bridgehead atoms. The van der Waals surface area contributed by atoms with E-state index in [1.54, 1.807) is 23.5 Å². The van der Waals surface area contributed by atoms with E-state index in [9.17, 15) is 4.79 Å².